The number of amides is 4. The number of hydrogen-bond acceptors (Lipinski definition) is 5. The maximum atomic E-state index is 14.2. The first kappa shape index (κ1) is 27.2. The minimum atomic E-state index is -1.54. The van der Waals surface area contributed by atoms with Gasteiger partial charge in [-0.3, -0.25) is 14.5 Å². The van der Waals surface area contributed by atoms with E-state index in [0.29, 0.717) is 12.3 Å². The Morgan fingerprint density at radius 3 is 2.38 bits per heavy atom. The van der Waals surface area contributed by atoms with E-state index in [2.05, 4.69) is 24.1 Å². The van der Waals surface area contributed by atoms with Gasteiger partial charge in [0.2, 0.25) is 0 Å². The number of urea groups is 1. The Morgan fingerprint density at radius 2 is 1.69 bits per heavy atom. The highest BCUT2D eigenvalue weighted by Crippen LogP contribution is 2.45. The van der Waals surface area contributed by atoms with Gasteiger partial charge in [-0.1, -0.05) is 68.4 Å². The van der Waals surface area contributed by atoms with Gasteiger partial charge in [0.05, 0.1) is 17.9 Å². The molecular formula is C32H30N4O6. The number of carboxylic acids is 1. The van der Waals surface area contributed by atoms with Gasteiger partial charge in [-0.25, -0.2) is 14.5 Å². The van der Waals surface area contributed by atoms with Crippen molar-refractivity contribution in [2.24, 2.45) is 0 Å². The van der Waals surface area contributed by atoms with E-state index >= 15 is 0 Å². The average molecular weight is 567 g/mol. The van der Waals surface area contributed by atoms with Crippen molar-refractivity contribution in [3.63, 3.8) is 0 Å². The lowest BCUT2D eigenvalue weighted by molar-refractivity contribution is -0.140. The molecule has 3 heterocycles. The number of hydrogen-bond donors (Lipinski definition) is 4. The van der Waals surface area contributed by atoms with E-state index in [1.54, 1.807) is 17.0 Å². The van der Waals surface area contributed by atoms with Crippen molar-refractivity contribution in [2.75, 3.05) is 11.5 Å². The van der Waals surface area contributed by atoms with Crippen LogP contribution in [0.5, 0.6) is 0 Å². The Kier molecular flexibility index (Phi) is 6.78. The topological polar surface area (TPSA) is 143 Å². The lowest BCUT2D eigenvalue weighted by Gasteiger charge is -2.36. The third kappa shape index (κ3) is 4.31. The summed E-state index contributed by atoms with van der Waals surface area (Å²) in [4.78, 5) is 59.0. The summed E-state index contributed by atoms with van der Waals surface area (Å²) in [5, 5.41) is 21.9. The summed E-state index contributed by atoms with van der Waals surface area (Å²) in [6, 6.07) is 18.4. The molecule has 42 heavy (non-hydrogen) atoms. The maximum Gasteiger partial charge on any atom is 0.332 e. The van der Waals surface area contributed by atoms with Crippen molar-refractivity contribution in [1.82, 2.24) is 15.2 Å². The molecule has 2 aliphatic heterocycles. The number of nitrogens with zero attached hydrogens (tertiary/aromatic N) is 2. The van der Waals surface area contributed by atoms with Crippen LogP contribution in [-0.4, -0.2) is 62.6 Å². The van der Waals surface area contributed by atoms with Crippen molar-refractivity contribution >= 4 is 40.4 Å². The molecule has 0 spiro atoms. The fourth-order valence-corrected chi connectivity index (χ4v) is 5.99. The quantitative estimate of drug-likeness (QED) is 0.250. The third-order valence-corrected chi connectivity index (χ3v) is 8.14. The van der Waals surface area contributed by atoms with Crippen LogP contribution in [0.4, 0.5) is 10.5 Å². The van der Waals surface area contributed by atoms with Gasteiger partial charge >= 0.3 is 12.0 Å². The molecule has 0 unspecified atom stereocenters. The van der Waals surface area contributed by atoms with Gasteiger partial charge in [0.1, 0.15) is 12.1 Å². The highest BCUT2D eigenvalue weighted by atomic mass is 16.4. The summed E-state index contributed by atoms with van der Waals surface area (Å²) in [7, 11) is 0. The number of anilines is 1. The van der Waals surface area contributed by atoms with Gasteiger partial charge in [0.15, 0.2) is 6.04 Å². The molecule has 6 rings (SSSR count). The number of carbonyl (C=O) groups excluding carboxylic acids is 3. The van der Waals surface area contributed by atoms with Crippen LogP contribution in [-0.2, 0) is 16.0 Å². The van der Waals surface area contributed by atoms with Crippen molar-refractivity contribution in [1.29, 1.82) is 0 Å². The number of aliphatic hydroxyl groups excluding tert-OH is 1. The van der Waals surface area contributed by atoms with Crippen LogP contribution in [0.2, 0.25) is 0 Å². The van der Waals surface area contributed by atoms with Crippen LogP contribution in [0.25, 0.3) is 10.9 Å². The Bertz CT molecular complexity index is 1730. The molecule has 1 fully saturated rings. The lowest BCUT2D eigenvalue weighted by atomic mass is 9.88. The zero-order valence-electron chi connectivity index (χ0n) is 23.1. The second kappa shape index (κ2) is 10.5. The molecule has 3 atom stereocenters. The van der Waals surface area contributed by atoms with Crippen molar-refractivity contribution < 1.29 is 29.4 Å². The SMILES string of the molecule is CC(C)c1ccc([C@H]2c3[nH]c4ccccc4c3C[C@H]3C(=O)N(c4ccccc4C(=O)N[C@@H](CO)C(=O)O)C(=O)N23)cc1. The monoisotopic (exact) mass is 566 g/mol. The van der Waals surface area contributed by atoms with E-state index in [4.69, 9.17) is 0 Å². The first-order valence-electron chi connectivity index (χ1n) is 13.8. The summed E-state index contributed by atoms with van der Waals surface area (Å²) < 4.78 is 0. The molecule has 10 heteroatoms. The molecule has 3 aromatic carbocycles. The highest BCUT2D eigenvalue weighted by molar-refractivity contribution is 6.24. The van der Waals surface area contributed by atoms with E-state index in [9.17, 15) is 29.4 Å². The van der Waals surface area contributed by atoms with Crippen molar-refractivity contribution in [3.8, 4) is 0 Å². The predicted octanol–water partition coefficient (Wildman–Crippen LogP) is 3.95. The molecule has 4 amide bonds. The molecule has 214 valence electrons. The Balaban J connectivity index is 1.45. The minimum Gasteiger partial charge on any atom is -0.480 e. The third-order valence-electron chi connectivity index (χ3n) is 8.14. The van der Waals surface area contributed by atoms with Crippen molar-refractivity contribution in [2.45, 2.75) is 44.3 Å². The van der Waals surface area contributed by atoms with Gasteiger partial charge in [-0.05, 0) is 40.8 Å². The van der Waals surface area contributed by atoms with Crippen LogP contribution >= 0.6 is 0 Å². The number of fused-ring (bicyclic) bond motifs is 4. The molecule has 4 aromatic rings. The molecule has 1 saturated heterocycles. The normalized spacial score (nSPS) is 18.8. The molecule has 10 nitrogen and oxygen atoms in total. The van der Waals surface area contributed by atoms with Crippen LogP contribution in [0.3, 0.4) is 0 Å². The molecular weight excluding hydrogens is 536 g/mol. The number of aromatic nitrogens is 1. The Hall–Kier alpha value is -4.96. The number of rotatable bonds is 7. The molecule has 0 bridgehead atoms. The Labute approximate surface area is 241 Å². The Morgan fingerprint density at radius 1 is 1.00 bits per heavy atom. The largest absolute Gasteiger partial charge is 0.480 e. The second-order valence-electron chi connectivity index (χ2n) is 10.9. The summed E-state index contributed by atoms with van der Waals surface area (Å²) >= 11 is 0. The van der Waals surface area contributed by atoms with E-state index in [1.165, 1.54) is 12.1 Å². The van der Waals surface area contributed by atoms with Crippen LogP contribution in [0.1, 0.15) is 58.5 Å². The van der Waals surface area contributed by atoms with E-state index in [1.807, 2.05) is 48.5 Å². The molecule has 0 saturated carbocycles. The predicted molar refractivity (Wildman–Crippen MR) is 155 cm³/mol. The lowest BCUT2D eigenvalue weighted by Crippen LogP contribution is -2.44. The molecule has 2 aliphatic rings. The maximum absolute atomic E-state index is 14.2. The first-order chi connectivity index (χ1) is 20.2. The summed E-state index contributed by atoms with van der Waals surface area (Å²) in [5.41, 5.74) is 4.71. The molecule has 4 N–H and O–H groups in total. The number of carboxylic acid groups (broad SMARTS) is 1. The van der Waals surface area contributed by atoms with Gasteiger partial charge in [0, 0.05) is 23.0 Å². The highest BCUT2D eigenvalue weighted by Gasteiger charge is 2.53. The number of imide groups is 1. The zero-order valence-corrected chi connectivity index (χ0v) is 23.1. The summed E-state index contributed by atoms with van der Waals surface area (Å²) in [6.07, 6.45) is 0.293. The first-order valence-corrected chi connectivity index (χ1v) is 13.8. The van der Waals surface area contributed by atoms with Crippen molar-refractivity contribution in [3.05, 3.63) is 101 Å². The fourth-order valence-electron chi connectivity index (χ4n) is 5.99. The number of benzene rings is 3. The summed E-state index contributed by atoms with van der Waals surface area (Å²) in [6.45, 7) is 3.40. The van der Waals surface area contributed by atoms with Gasteiger partial charge in [0.25, 0.3) is 11.8 Å². The van der Waals surface area contributed by atoms with E-state index in [-0.39, 0.29) is 11.3 Å². The average Bonchev–Trinajstić information content (AvgIpc) is 3.48. The van der Waals surface area contributed by atoms with Gasteiger partial charge in [-0.2, -0.15) is 0 Å². The standard InChI is InChI=1S/C32H30N4O6/c1-17(2)18-11-13-19(14-12-18)28-27-22(20-7-3-5-9-23(20)33-27)15-26-30(39)36(32(42)35(26)28)25-10-6-4-8-21(25)29(38)34-24(16-37)31(40)41/h3-14,17,24,26,28,33,37H,15-16H2,1-2H3,(H,34,38)(H,40,41)/t24-,26-,28-/m0/s1. The number of para-hydroxylation sites is 2. The summed E-state index contributed by atoms with van der Waals surface area (Å²) in [5.74, 6) is -2.39. The molecule has 0 radical (unpaired) electrons. The van der Waals surface area contributed by atoms with Crippen LogP contribution in [0.15, 0.2) is 72.8 Å². The number of aliphatic carboxylic acids is 1. The van der Waals surface area contributed by atoms with Crippen LogP contribution in [0, 0.1) is 0 Å². The number of carbonyl (C=O) groups is 4. The minimum absolute atomic E-state index is 0.0453. The van der Waals surface area contributed by atoms with Gasteiger partial charge in [-0.15, -0.1) is 0 Å². The smallest absolute Gasteiger partial charge is 0.332 e. The number of H-pyrrole nitrogens is 1. The van der Waals surface area contributed by atoms with E-state index < -0.39 is 48.5 Å². The zero-order chi connectivity index (χ0) is 29.7. The fraction of sp³-hybridized carbons (Fsp3) is 0.250. The number of aliphatic hydroxyl groups is 1. The number of nitrogens with one attached hydrogen (secondary N) is 2. The van der Waals surface area contributed by atoms with Gasteiger partial charge < -0.3 is 20.5 Å². The second-order valence-corrected chi connectivity index (χ2v) is 10.9. The number of aromatic amines is 1. The van der Waals surface area contributed by atoms with Crippen LogP contribution < -0.4 is 10.2 Å². The molecule has 0 aliphatic carbocycles. The van der Waals surface area contributed by atoms with E-state index in [0.717, 1.165) is 38.2 Å². The molecule has 1 aromatic heterocycles.